The Kier molecular flexibility index (Phi) is 6.63. The van der Waals surface area contributed by atoms with Crippen LogP contribution in [-0.2, 0) is 16.0 Å². The molecule has 2 N–H and O–H groups in total. The Morgan fingerprint density at radius 1 is 1.19 bits per heavy atom. The minimum absolute atomic E-state index is 0.0420. The number of hydrogen-bond donors (Lipinski definition) is 2. The fourth-order valence-electron chi connectivity index (χ4n) is 3.45. The van der Waals surface area contributed by atoms with Crippen LogP contribution in [0.25, 0.3) is 11.3 Å². The molecule has 8 heteroatoms. The largest absolute Gasteiger partial charge is 0.346 e. The van der Waals surface area contributed by atoms with Crippen molar-refractivity contribution in [2.45, 2.75) is 29.4 Å². The zero-order valence-corrected chi connectivity index (χ0v) is 18.7. The highest BCUT2D eigenvalue weighted by Gasteiger charge is 2.30. The molecule has 0 saturated heterocycles. The predicted octanol–water partition coefficient (Wildman–Crippen LogP) is 4.62. The lowest BCUT2D eigenvalue weighted by atomic mass is 10.1. The van der Waals surface area contributed by atoms with Crippen molar-refractivity contribution in [3.8, 4) is 11.3 Å². The van der Waals surface area contributed by atoms with Crippen LogP contribution in [0.3, 0.4) is 0 Å². The van der Waals surface area contributed by atoms with E-state index in [9.17, 15) is 9.59 Å². The van der Waals surface area contributed by atoms with Gasteiger partial charge in [-0.2, -0.15) is 5.10 Å². The number of halogens is 1. The van der Waals surface area contributed by atoms with Crippen molar-refractivity contribution in [2.24, 2.45) is 0 Å². The zero-order valence-electron chi connectivity index (χ0n) is 17.1. The first kappa shape index (κ1) is 21.5. The molecule has 0 bridgehead atoms. The number of amides is 2. The number of anilines is 1. The standard InChI is InChI=1S/C23H23ClN4O2S/c1-28(11-5-8-17-13-18(27-26-17)15-6-3-2-4-7-15)22(29)14-21-23(30)25-19-12-16(24)9-10-20(19)31-21/h2-4,6-7,9-10,12-13,21H,5,8,11,14H2,1H3,(H,25,30)(H,26,27). The molecule has 1 atom stereocenters. The molecule has 1 aliphatic rings. The summed E-state index contributed by atoms with van der Waals surface area (Å²) in [4.78, 5) is 27.7. The Morgan fingerprint density at radius 3 is 2.81 bits per heavy atom. The van der Waals surface area contributed by atoms with Crippen LogP contribution in [0, 0.1) is 0 Å². The van der Waals surface area contributed by atoms with Gasteiger partial charge in [-0.3, -0.25) is 14.7 Å². The summed E-state index contributed by atoms with van der Waals surface area (Å²) in [7, 11) is 1.78. The Bertz CT molecular complexity index is 1090. The third kappa shape index (κ3) is 5.29. The summed E-state index contributed by atoms with van der Waals surface area (Å²) in [6.45, 7) is 0.615. The van der Waals surface area contributed by atoms with Gasteiger partial charge in [-0.15, -0.1) is 11.8 Å². The van der Waals surface area contributed by atoms with Crippen LogP contribution in [0.15, 0.2) is 59.5 Å². The molecule has 160 valence electrons. The summed E-state index contributed by atoms with van der Waals surface area (Å²) >= 11 is 7.39. The van der Waals surface area contributed by atoms with Crippen LogP contribution >= 0.6 is 23.4 Å². The smallest absolute Gasteiger partial charge is 0.238 e. The number of nitrogens with zero attached hydrogens (tertiary/aromatic N) is 2. The quantitative estimate of drug-likeness (QED) is 0.545. The second kappa shape index (κ2) is 9.58. The van der Waals surface area contributed by atoms with Gasteiger partial charge in [0.25, 0.3) is 0 Å². The van der Waals surface area contributed by atoms with Crippen molar-refractivity contribution in [3.05, 3.63) is 65.3 Å². The normalized spacial score (nSPS) is 15.3. The first-order valence-corrected chi connectivity index (χ1v) is 11.4. The van der Waals surface area contributed by atoms with Gasteiger partial charge in [0.1, 0.15) is 0 Å². The van der Waals surface area contributed by atoms with Gasteiger partial charge in [0.05, 0.1) is 16.6 Å². The summed E-state index contributed by atoms with van der Waals surface area (Å²) < 4.78 is 0. The molecule has 6 nitrogen and oxygen atoms in total. The lowest BCUT2D eigenvalue weighted by Gasteiger charge is -2.25. The Morgan fingerprint density at radius 2 is 2.00 bits per heavy atom. The van der Waals surface area contributed by atoms with E-state index in [1.165, 1.54) is 11.8 Å². The molecule has 0 radical (unpaired) electrons. The van der Waals surface area contributed by atoms with Crippen molar-refractivity contribution in [2.75, 3.05) is 18.9 Å². The van der Waals surface area contributed by atoms with Gasteiger partial charge < -0.3 is 10.2 Å². The molecule has 2 aromatic carbocycles. The molecule has 0 spiro atoms. The van der Waals surface area contributed by atoms with E-state index in [0.717, 1.165) is 34.7 Å². The van der Waals surface area contributed by atoms with Gasteiger partial charge in [0.2, 0.25) is 11.8 Å². The van der Waals surface area contributed by atoms with Crippen molar-refractivity contribution >= 4 is 40.9 Å². The van der Waals surface area contributed by atoms with Crippen LogP contribution in [0.2, 0.25) is 5.02 Å². The third-order valence-corrected chi connectivity index (χ3v) is 6.70. The number of nitrogens with one attached hydrogen (secondary N) is 2. The maximum absolute atomic E-state index is 12.6. The maximum Gasteiger partial charge on any atom is 0.238 e. The summed E-state index contributed by atoms with van der Waals surface area (Å²) in [5.41, 5.74) is 3.73. The van der Waals surface area contributed by atoms with Gasteiger partial charge in [-0.05, 0) is 37.1 Å². The maximum atomic E-state index is 12.6. The van der Waals surface area contributed by atoms with Crippen LogP contribution in [0.1, 0.15) is 18.5 Å². The SMILES string of the molecule is CN(CCCc1cc(-c2ccccc2)n[nH]1)C(=O)CC1Sc2ccc(Cl)cc2NC1=O. The van der Waals surface area contributed by atoms with Crippen LogP contribution in [-0.4, -0.2) is 45.8 Å². The molecule has 0 saturated carbocycles. The number of aryl methyl sites for hydroxylation is 1. The first-order valence-electron chi connectivity index (χ1n) is 10.1. The molecular weight excluding hydrogens is 432 g/mol. The number of hydrogen-bond acceptors (Lipinski definition) is 4. The van der Waals surface area contributed by atoms with Gasteiger partial charge in [-0.1, -0.05) is 41.9 Å². The zero-order chi connectivity index (χ0) is 21.8. The van der Waals surface area contributed by atoms with E-state index in [1.807, 2.05) is 42.5 Å². The van der Waals surface area contributed by atoms with Gasteiger partial charge in [0.15, 0.2) is 0 Å². The van der Waals surface area contributed by atoms with Crippen LogP contribution < -0.4 is 5.32 Å². The molecule has 1 unspecified atom stereocenters. The van der Waals surface area contributed by atoms with E-state index in [2.05, 4.69) is 15.5 Å². The Balaban J connectivity index is 1.26. The number of aromatic amines is 1. The molecule has 2 amide bonds. The molecular formula is C23H23ClN4O2S. The number of benzene rings is 2. The number of thioether (sulfide) groups is 1. The minimum atomic E-state index is -0.440. The molecule has 0 fully saturated rings. The van der Waals surface area contributed by atoms with Gasteiger partial charge in [0, 0.05) is 41.2 Å². The fraction of sp³-hybridized carbons (Fsp3) is 0.261. The molecule has 3 aromatic rings. The van der Waals surface area contributed by atoms with Crippen molar-refractivity contribution < 1.29 is 9.59 Å². The van der Waals surface area contributed by atoms with E-state index in [-0.39, 0.29) is 18.2 Å². The summed E-state index contributed by atoms with van der Waals surface area (Å²) in [5, 5.41) is 10.4. The fourth-order valence-corrected chi connectivity index (χ4v) is 4.70. The molecule has 31 heavy (non-hydrogen) atoms. The lowest BCUT2D eigenvalue weighted by molar-refractivity contribution is -0.131. The third-order valence-electron chi connectivity index (χ3n) is 5.19. The number of carbonyl (C=O) groups is 2. The van der Waals surface area contributed by atoms with Crippen LogP contribution in [0.4, 0.5) is 5.69 Å². The first-order chi connectivity index (χ1) is 15.0. The number of aromatic nitrogens is 2. The van der Waals surface area contributed by atoms with E-state index in [0.29, 0.717) is 17.3 Å². The number of fused-ring (bicyclic) bond motifs is 1. The van der Waals surface area contributed by atoms with Crippen molar-refractivity contribution in [3.63, 3.8) is 0 Å². The number of rotatable bonds is 7. The molecule has 0 aliphatic carbocycles. The Hall–Kier alpha value is -2.77. The second-order valence-electron chi connectivity index (χ2n) is 7.50. The van der Waals surface area contributed by atoms with Crippen molar-refractivity contribution in [1.82, 2.24) is 15.1 Å². The van der Waals surface area contributed by atoms with E-state index in [4.69, 9.17) is 11.6 Å². The second-order valence-corrected chi connectivity index (χ2v) is 9.18. The minimum Gasteiger partial charge on any atom is -0.346 e. The monoisotopic (exact) mass is 454 g/mol. The molecule has 1 aromatic heterocycles. The highest BCUT2D eigenvalue weighted by molar-refractivity contribution is 8.01. The Labute approximate surface area is 190 Å². The van der Waals surface area contributed by atoms with Gasteiger partial charge >= 0.3 is 0 Å². The lowest BCUT2D eigenvalue weighted by Crippen LogP contribution is -2.36. The molecule has 1 aliphatic heterocycles. The summed E-state index contributed by atoms with van der Waals surface area (Å²) in [6, 6.07) is 17.4. The summed E-state index contributed by atoms with van der Waals surface area (Å²) in [6.07, 6.45) is 1.77. The predicted molar refractivity (Wildman–Crippen MR) is 124 cm³/mol. The molecule has 2 heterocycles. The van der Waals surface area contributed by atoms with Crippen molar-refractivity contribution in [1.29, 1.82) is 0 Å². The summed E-state index contributed by atoms with van der Waals surface area (Å²) in [5.74, 6) is -0.202. The average molecular weight is 455 g/mol. The van der Waals surface area contributed by atoms with Gasteiger partial charge in [-0.25, -0.2) is 0 Å². The van der Waals surface area contributed by atoms with E-state index in [1.54, 1.807) is 24.1 Å². The topological polar surface area (TPSA) is 78.1 Å². The van der Waals surface area contributed by atoms with E-state index >= 15 is 0 Å². The average Bonchev–Trinajstić information content (AvgIpc) is 3.24. The number of carbonyl (C=O) groups excluding carboxylic acids is 2. The molecule has 4 rings (SSSR count). The highest BCUT2D eigenvalue weighted by atomic mass is 35.5. The number of H-pyrrole nitrogens is 1. The van der Waals surface area contributed by atoms with Crippen LogP contribution in [0.5, 0.6) is 0 Å². The van der Waals surface area contributed by atoms with E-state index < -0.39 is 5.25 Å². The highest BCUT2D eigenvalue weighted by Crippen LogP contribution is 2.38.